The normalized spacial score (nSPS) is 22.0. The third-order valence-electron chi connectivity index (χ3n) is 3.10. The van der Waals surface area contributed by atoms with Gasteiger partial charge in [0.15, 0.2) is 0 Å². The third kappa shape index (κ3) is 2.36. The summed E-state index contributed by atoms with van der Waals surface area (Å²) in [6.45, 7) is 0.882. The molecule has 1 fully saturated rings. The molecule has 2 atom stereocenters. The number of methoxy groups -OCH3 is 1. The Morgan fingerprint density at radius 1 is 1.50 bits per heavy atom. The molecule has 1 aliphatic heterocycles. The van der Waals surface area contributed by atoms with Gasteiger partial charge in [0.05, 0.1) is 19.3 Å². The molecule has 2 unspecified atom stereocenters. The summed E-state index contributed by atoms with van der Waals surface area (Å²) in [4.78, 5) is 0. The average molecular weight is 221 g/mol. The molecule has 1 aliphatic rings. The van der Waals surface area contributed by atoms with Crippen LogP contribution < -0.4 is 10.1 Å². The van der Waals surface area contributed by atoms with E-state index < -0.39 is 0 Å². The Balaban J connectivity index is 2.18. The molecule has 1 aromatic carbocycles. The van der Waals surface area contributed by atoms with Gasteiger partial charge in [-0.25, -0.2) is 0 Å². The van der Waals surface area contributed by atoms with E-state index in [-0.39, 0.29) is 12.1 Å². The summed E-state index contributed by atoms with van der Waals surface area (Å²) < 4.78 is 11.0. The fourth-order valence-electron chi connectivity index (χ4n) is 2.27. The van der Waals surface area contributed by atoms with Crippen LogP contribution in [0.2, 0.25) is 0 Å². The van der Waals surface area contributed by atoms with Gasteiger partial charge in [0.25, 0.3) is 0 Å². The number of nitrogens with one attached hydrogen (secondary N) is 1. The Labute approximate surface area is 96.8 Å². The van der Waals surface area contributed by atoms with E-state index in [2.05, 4.69) is 17.4 Å². The third-order valence-corrected chi connectivity index (χ3v) is 3.10. The first-order valence-electron chi connectivity index (χ1n) is 5.78. The minimum Gasteiger partial charge on any atom is -0.497 e. The highest BCUT2D eigenvalue weighted by atomic mass is 16.5. The Hall–Kier alpha value is -1.06. The fourth-order valence-corrected chi connectivity index (χ4v) is 2.27. The van der Waals surface area contributed by atoms with Gasteiger partial charge < -0.3 is 14.8 Å². The van der Waals surface area contributed by atoms with Gasteiger partial charge >= 0.3 is 0 Å². The molecule has 1 saturated heterocycles. The van der Waals surface area contributed by atoms with Crippen molar-refractivity contribution >= 4 is 0 Å². The fraction of sp³-hybridized carbons (Fsp3) is 0.538. The molecule has 3 heteroatoms. The van der Waals surface area contributed by atoms with Crippen molar-refractivity contribution in [3.63, 3.8) is 0 Å². The molecule has 88 valence electrons. The molecule has 0 spiro atoms. The zero-order valence-electron chi connectivity index (χ0n) is 9.90. The van der Waals surface area contributed by atoms with Gasteiger partial charge in [0, 0.05) is 6.61 Å². The predicted molar refractivity (Wildman–Crippen MR) is 63.8 cm³/mol. The summed E-state index contributed by atoms with van der Waals surface area (Å²) >= 11 is 0. The zero-order chi connectivity index (χ0) is 11.4. The molecule has 1 N–H and O–H groups in total. The van der Waals surface area contributed by atoms with E-state index in [4.69, 9.17) is 9.47 Å². The molecule has 0 radical (unpaired) electrons. The van der Waals surface area contributed by atoms with Crippen LogP contribution in [0.25, 0.3) is 0 Å². The van der Waals surface area contributed by atoms with E-state index in [1.54, 1.807) is 7.11 Å². The number of ether oxygens (including phenoxy) is 2. The number of hydrogen-bond acceptors (Lipinski definition) is 3. The van der Waals surface area contributed by atoms with Crippen molar-refractivity contribution < 1.29 is 9.47 Å². The van der Waals surface area contributed by atoms with Gasteiger partial charge in [0.1, 0.15) is 5.75 Å². The zero-order valence-corrected chi connectivity index (χ0v) is 9.90. The quantitative estimate of drug-likeness (QED) is 0.845. The molecule has 0 aromatic heterocycles. The molecule has 1 aromatic rings. The van der Waals surface area contributed by atoms with Crippen LogP contribution >= 0.6 is 0 Å². The Kier molecular flexibility index (Phi) is 3.80. The van der Waals surface area contributed by atoms with Gasteiger partial charge in [0.2, 0.25) is 0 Å². The predicted octanol–water partition coefficient (Wildman–Crippen LogP) is 2.13. The molecule has 0 saturated carbocycles. The van der Waals surface area contributed by atoms with Crippen LogP contribution in [0, 0.1) is 0 Å². The Bertz CT molecular complexity index is 334. The van der Waals surface area contributed by atoms with Crippen LogP contribution in [-0.2, 0) is 4.74 Å². The lowest BCUT2D eigenvalue weighted by molar-refractivity contribution is 0.0807. The maximum absolute atomic E-state index is 5.73. The summed E-state index contributed by atoms with van der Waals surface area (Å²) in [6.07, 6.45) is 2.58. The summed E-state index contributed by atoms with van der Waals surface area (Å²) in [7, 11) is 3.67. The van der Waals surface area contributed by atoms with Crippen LogP contribution in [0.3, 0.4) is 0 Å². The highest BCUT2D eigenvalue weighted by molar-refractivity contribution is 5.31. The van der Waals surface area contributed by atoms with Crippen molar-refractivity contribution in [3.05, 3.63) is 29.8 Å². The highest BCUT2D eigenvalue weighted by Gasteiger charge is 2.26. The summed E-state index contributed by atoms with van der Waals surface area (Å²) in [6, 6.07) is 8.44. The first kappa shape index (κ1) is 11.4. The van der Waals surface area contributed by atoms with Gasteiger partial charge in [-0.15, -0.1) is 0 Å². The monoisotopic (exact) mass is 221 g/mol. The molecule has 1 heterocycles. The van der Waals surface area contributed by atoms with Gasteiger partial charge in [-0.05, 0) is 37.6 Å². The molecular formula is C13H19NO2. The SMILES string of the molecule is CNC(c1cccc(OC)c1)C1CCCO1. The number of hydrogen-bond donors (Lipinski definition) is 1. The first-order chi connectivity index (χ1) is 7.85. The second-order valence-corrected chi connectivity index (χ2v) is 4.09. The van der Waals surface area contributed by atoms with Gasteiger partial charge in [-0.2, -0.15) is 0 Å². The number of likely N-dealkylation sites (N-methyl/N-ethyl adjacent to an activating group) is 1. The largest absolute Gasteiger partial charge is 0.497 e. The molecule has 2 rings (SSSR count). The van der Waals surface area contributed by atoms with Crippen molar-refractivity contribution in [2.75, 3.05) is 20.8 Å². The molecule has 0 aliphatic carbocycles. The van der Waals surface area contributed by atoms with Crippen LogP contribution in [-0.4, -0.2) is 26.9 Å². The van der Waals surface area contributed by atoms with Gasteiger partial charge in [-0.3, -0.25) is 0 Å². The summed E-state index contributed by atoms with van der Waals surface area (Å²) in [5.74, 6) is 0.899. The second kappa shape index (κ2) is 5.32. The average Bonchev–Trinajstić information content (AvgIpc) is 2.84. The minimum absolute atomic E-state index is 0.262. The molecule has 0 bridgehead atoms. The maximum Gasteiger partial charge on any atom is 0.119 e. The lowest BCUT2D eigenvalue weighted by Crippen LogP contribution is -2.28. The van der Waals surface area contributed by atoms with Crippen LogP contribution in [0.5, 0.6) is 5.75 Å². The number of rotatable bonds is 4. The lowest BCUT2D eigenvalue weighted by atomic mass is 9.99. The highest BCUT2D eigenvalue weighted by Crippen LogP contribution is 2.28. The van der Waals surface area contributed by atoms with Crippen molar-refractivity contribution in [2.24, 2.45) is 0 Å². The molecule has 16 heavy (non-hydrogen) atoms. The molecule has 0 amide bonds. The van der Waals surface area contributed by atoms with E-state index >= 15 is 0 Å². The minimum atomic E-state index is 0.262. The molecule has 3 nitrogen and oxygen atoms in total. The summed E-state index contributed by atoms with van der Waals surface area (Å²) in [5.41, 5.74) is 1.23. The van der Waals surface area contributed by atoms with E-state index in [0.717, 1.165) is 25.2 Å². The van der Waals surface area contributed by atoms with Crippen molar-refractivity contribution in [1.29, 1.82) is 0 Å². The van der Waals surface area contributed by atoms with Crippen LogP contribution in [0.4, 0.5) is 0 Å². The number of benzene rings is 1. The Morgan fingerprint density at radius 2 is 2.38 bits per heavy atom. The molecular weight excluding hydrogens is 202 g/mol. The van der Waals surface area contributed by atoms with Crippen molar-refractivity contribution in [1.82, 2.24) is 5.32 Å². The summed E-state index contributed by atoms with van der Waals surface area (Å²) in [5, 5.41) is 3.33. The van der Waals surface area contributed by atoms with Crippen molar-refractivity contribution in [3.8, 4) is 5.75 Å². The lowest BCUT2D eigenvalue weighted by Gasteiger charge is -2.23. The van der Waals surface area contributed by atoms with E-state index in [1.807, 2.05) is 19.2 Å². The second-order valence-electron chi connectivity index (χ2n) is 4.09. The standard InChI is InChI=1S/C13H19NO2/c1-14-13(12-7-4-8-16-12)10-5-3-6-11(9-10)15-2/h3,5-6,9,12-14H,4,7-8H2,1-2H3. The van der Waals surface area contributed by atoms with Crippen LogP contribution in [0.1, 0.15) is 24.4 Å². The van der Waals surface area contributed by atoms with Crippen molar-refractivity contribution in [2.45, 2.75) is 25.0 Å². The van der Waals surface area contributed by atoms with E-state index in [1.165, 1.54) is 5.56 Å². The van der Waals surface area contributed by atoms with Gasteiger partial charge in [-0.1, -0.05) is 12.1 Å². The maximum atomic E-state index is 5.73. The first-order valence-corrected chi connectivity index (χ1v) is 5.78. The smallest absolute Gasteiger partial charge is 0.119 e. The van der Waals surface area contributed by atoms with E-state index in [0.29, 0.717) is 0 Å². The topological polar surface area (TPSA) is 30.5 Å². The van der Waals surface area contributed by atoms with E-state index in [9.17, 15) is 0 Å². The Morgan fingerprint density at radius 3 is 3.00 bits per heavy atom. The van der Waals surface area contributed by atoms with Crippen LogP contribution in [0.15, 0.2) is 24.3 Å².